The molecule has 5 nitrogen and oxygen atoms in total. The fraction of sp³-hybridized carbons (Fsp3) is 0.211. The molecule has 1 heterocycles. The minimum Gasteiger partial charge on any atom is -0.484 e. The number of hydrogen-bond acceptors (Lipinski definition) is 4. The van der Waals surface area contributed by atoms with Crippen LogP contribution in [0.2, 0.25) is 0 Å². The summed E-state index contributed by atoms with van der Waals surface area (Å²) in [5.74, 6) is 1.03. The van der Waals surface area contributed by atoms with Crippen molar-refractivity contribution < 1.29 is 32.2 Å². The maximum absolute atomic E-state index is 12.2. The van der Waals surface area contributed by atoms with Gasteiger partial charge in [0.15, 0.2) is 18.1 Å². The van der Waals surface area contributed by atoms with Crippen molar-refractivity contribution in [3.8, 4) is 17.2 Å². The van der Waals surface area contributed by atoms with Crippen LogP contribution in [0.25, 0.3) is 6.08 Å². The summed E-state index contributed by atoms with van der Waals surface area (Å²) in [4.78, 5) is 11.9. The molecule has 142 valence electrons. The normalized spacial score (nSPS) is 13.0. The minimum absolute atomic E-state index is 0.0926. The van der Waals surface area contributed by atoms with Gasteiger partial charge in [-0.25, -0.2) is 0 Å². The summed E-state index contributed by atoms with van der Waals surface area (Å²) < 4.78 is 51.7. The molecule has 0 bridgehead atoms. The fourth-order valence-corrected chi connectivity index (χ4v) is 2.35. The Kier molecular flexibility index (Phi) is 5.54. The van der Waals surface area contributed by atoms with E-state index in [-0.39, 0.29) is 25.0 Å². The Balaban J connectivity index is 1.51. The van der Waals surface area contributed by atoms with E-state index < -0.39 is 12.8 Å². The zero-order valence-corrected chi connectivity index (χ0v) is 14.1. The van der Waals surface area contributed by atoms with Crippen molar-refractivity contribution in [3.63, 3.8) is 0 Å². The van der Waals surface area contributed by atoms with E-state index in [1.54, 1.807) is 36.4 Å². The van der Waals surface area contributed by atoms with Crippen LogP contribution in [0, 0.1) is 0 Å². The maximum atomic E-state index is 12.2. The second kappa shape index (κ2) is 8.03. The molecule has 0 aliphatic carbocycles. The van der Waals surface area contributed by atoms with Crippen LogP contribution in [-0.2, 0) is 11.3 Å². The highest BCUT2D eigenvalue weighted by Gasteiger charge is 2.28. The Morgan fingerprint density at radius 2 is 1.96 bits per heavy atom. The van der Waals surface area contributed by atoms with E-state index in [2.05, 4.69) is 10.1 Å². The lowest BCUT2D eigenvalue weighted by molar-refractivity contribution is -0.153. The molecule has 0 unspecified atom stereocenters. The summed E-state index contributed by atoms with van der Waals surface area (Å²) in [6, 6.07) is 11.4. The highest BCUT2D eigenvalue weighted by Crippen LogP contribution is 2.32. The number of carbonyl (C=O) groups is 1. The van der Waals surface area contributed by atoms with E-state index in [1.807, 2.05) is 0 Å². The number of benzene rings is 2. The van der Waals surface area contributed by atoms with Gasteiger partial charge in [0.1, 0.15) is 5.75 Å². The van der Waals surface area contributed by atoms with Gasteiger partial charge < -0.3 is 19.5 Å². The van der Waals surface area contributed by atoms with Gasteiger partial charge in [-0.05, 0) is 41.5 Å². The first kappa shape index (κ1) is 18.6. The molecule has 27 heavy (non-hydrogen) atoms. The molecule has 0 aromatic heterocycles. The smallest absolute Gasteiger partial charge is 0.422 e. The molecule has 8 heteroatoms. The minimum atomic E-state index is -4.40. The van der Waals surface area contributed by atoms with Crippen molar-refractivity contribution in [1.82, 2.24) is 5.32 Å². The summed E-state index contributed by atoms with van der Waals surface area (Å²) in [5, 5.41) is 2.66. The van der Waals surface area contributed by atoms with Crippen molar-refractivity contribution in [1.29, 1.82) is 0 Å². The lowest BCUT2D eigenvalue weighted by Gasteiger charge is -2.10. The molecule has 2 aromatic carbocycles. The molecule has 3 rings (SSSR count). The van der Waals surface area contributed by atoms with E-state index in [0.29, 0.717) is 17.1 Å². The second-order valence-electron chi connectivity index (χ2n) is 5.72. The molecule has 0 saturated carbocycles. The third-order valence-electron chi connectivity index (χ3n) is 3.59. The number of fused-ring (bicyclic) bond motifs is 1. The number of hydrogen-bond donors (Lipinski definition) is 1. The molecule has 0 atom stereocenters. The zero-order chi connectivity index (χ0) is 19.3. The number of rotatable bonds is 6. The van der Waals surface area contributed by atoms with Crippen molar-refractivity contribution in [2.45, 2.75) is 12.7 Å². The molecule has 0 radical (unpaired) electrons. The maximum Gasteiger partial charge on any atom is 0.422 e. The van der Waals surface area contributed by atoms with Crippen LogP contribution in [0.15, 0.2) is 48.5 Å². The SMILES string of the molecule is O=C(/C=C/c1ccc2c(c1)OCO2)NCc1cccc(OCC(F)(F)F)c1. The molecule has 0 saturated heterocycles. The molecular weight excluding hydrogens is 363 g/mol. The van der Waals surface area contributed by atoms with E-state index in [4.69, 9.17) is 9.47 Å². The quantitative estimate of drug-likeness (QED) is 0.778. The molecular formula is C19H16F3NO4. The molecule has 1 amide bonds. The van der Waals surface area contributed by atoms with E-state index in [9.17, 15) is 18.0 Å². The zero-order valence-electron chi connectivity index (χ0n) is 14.1. The summed E-state index contributed by atoms with van der Waals surface area (Å²) in [5.41, 5.74) is 1.40. The number of amides is 1. The van der Waals surface area contributed by atoms with Crippen LogP contribution in [0.1, 0.15) is 11.1 Å². The fourth-order valence-electron chi connectivity index (χ4n) is 2.35. The van der Waals surface area contributed by atoms with Crippen molar-refractivity contribution in [3.05, 3.63) is 59.7 Å². The third-order valence-corrected chi connectivity index (χ3v) is 3.59. The van der Waals surface area contributed by atoms with Crippen LogP contribution in [0.3, 0.4) is 0 Å². The topological polar surface area (TPSA) is 56.8 Å². The molecule has 1 N–H and O–H groups in total. The number of ether oxygens (including phenoxy) is 3. The lowest BCUT2D eigenvalue weighted by atomic mass is 10.2. The Morgan fingerprint density at radius 3 is 2.78 bits per heavy atom. The Labute approximate surface area is 153 Å². The predicted molar refractivity (Wildman–Crippen MR) is 91.4 cm³/mol. The van der Waals surface area contributed by atoms with Crippen LogP contribution in [0.4, 0.5) is 13.2 Å². The number of nitrogens with one attached hydrogen (secondary N) is 1. The van der Waals surface area contributed by atoms with Gasteiger partial charge in [-0.3, -0.25) is 4.79 Å². The summed E-state index contributed by atoms with van der Waals surface area (Å²) in [6.07, 6.45) is -1.41. The van der Waals surface area contributed by atoms with E-state index in [1.165, 1.54) is 18.2 Å². The summed E-state index contributed by atoms with van der Waals surface area (Å²) in [7, 11) is 0. The largest absolute Gasteiger partial charge is 0.484 e. The van der Waals surface area contributed by atoms with E-state index >= 15 is 0 Å². The van der Waals surface area contributed by atoms with Crippen molar-refractivity contribution in [2.24, 2.45) is 0 Å². The van der Waals surface area contributed by atoms with Gasteiger partial charge in [0, 0.05) is 12.6 Å². The summed E-state index contributed by atoms with van der Waals surface area (Å²) in [6.45, 7) is -1.02. The third kappa shape index (κ3) is 5.67. The molecule has 0 fully saturated rings. The number of alkyl halides is 3. The van der Waals surface area contributed by atoms with Crippen LogP contribution >= 0.6 is 0 Å². The van der Waals surface area contributed by atoms with Crippen LogP contribution in [-0.4, -0.2) is 25.5 Å². The number of carbonyl (C=O) groups excluding carboxylic acids is 1. The lowest BCUT2D eigenvalue weighted by Crippen LogP contribution is -2.21. The monoisotopic (exact) mass is 379 g/mol. The summed E-state index contributed by atoms with van der Waals surface area (Å²) >= 11 is 0. The molecule has 1 aliphatic rings. The van der Waals surface area contributed by atoms with Crippen molar-refractivity contribution in [2.75, 3.05) is 13.4 Å². The number of halogens is 3. The van der Waals surface area contributed by atoms with Gasteiger partial charge >= 0.3 is 6.18 Å². The Morgan fingerprint density at radius 1 is 1.15 bits per heavy atom. The first-order valence-corrected chi connectivity index (χ1v) is 8.03. The average molecular weight is 379 g/mol. The van der Waals surface area contributed by atoms with Crippen LogP contribution < -0.4 is 19.5 Å². The van der Waals surface area contributed by atoms with Crippen molar-refractivity contribution >= 4 is 12.0 Å². The van der Waals surface area contributed by atoms with Gasteiger partial charge in [-0.1, -0.05) is 18.2 Å². The van der Waals surface area contributed by atoms with E-state index in [0.717, 1.165) is 5.56 Å². The van der Waals surface area contributed by atoms with Gasteiger partial charge in [0.2, 0.25) is 12.7 Å². The average Bonchev–Trinajstić information content (AvgIpc) is 3.10. The highest BCUT2D eigenvalue weighted by atomic mass is 19.4. The van der Waals surface area contributed by atoms with Gasteiger partial charge in [-0.2, -0.15) is 13.2 Å². The first-order chi connectivity index (χ1) is 12.9. The Bertz CT molecular complexity index is 849. The first-order valence-electron chi connectivity index (χ1n) is 8.03. The molecule has 1 aliphatic heterocycles. The highest BCUT2D eigenvalue weighted by molar-refractivity contribution is 5.91. The predicted octanol–water partition coefficient (Wildman–Crippen LogP) is 3.69. The molecule has 2 aromatic rings. The van der Waals surface area contributed by atoms with Gasteiger partial charge in [-0.15, -0.1) is 0 Å². The van der Waals surface area contributed by atoms with Crippen LogP contribution in [0.5, 0.6) is 17.2 Å². The standard InChI is InChI=1S/C19H16F3NO4/c20-19(21,22)11-25-15-3-1-2-14(8-15)10-23-18(24)7-5-13-4-6-16-17(9-13)27-12-26-16/h1-9H,10-12H2,(H,23,24)/b7-5+. The van der Waals surface area contributed by atoms with Gasteiger partial charge in [0.25, 0.3) is 0 Å². The van der Waals surface area contributed by atoms with Gasteiger partial charge in [0.05, 0.1) is 0 Å². The second-order valence-corrected chi connectivity index (χ2v) is 5.72. The Hall–Kier alpha value is -3.16. The molecule has 0 spiro atoms.